The molecule has 0 unspecified atom stereocenters. The Balaban J connectivity index is 1.46. The highest BCUT2D eigenvalue weighted by Gasteiger charge is 2.59. The first-order chi connectivity index (χ1) is 15.4. The van der Waals surface area contributed by atoms with Crippen LogP contribution in [0.15, 0.2) is 11.6 Å². The van der Waals surface area contributed by atoms with Crippen LogP contribution in [0.4, 0.5) is 0 Å². The number of carbonyl (C=O) groups is 1. The number of hydrogen-bond acceptors (Lipinski definition) is 4. The predicted octanol–water partition coefficient (Wildman–Crippen LogP) is 6.05. The van der Waals surface area contributed by atoms with Crippen molar-refractivity contribution >= 4 is 5.97 Å². The molecule has 0 radical (unpaired) electrons. The number of aliphatic hydroxyl groups is 2. The van der Waals surface area contributed by atoms with E-state index in [1.807, 2.05) is 0 Å². The van der Waals surface area contributed by atoms with Crippen LogP contribution in [-0.2, 0) is 9.53 Å². The van der Waals surface area contributed by atoms with Gasteiger partial charge in [-0.2, -0.15) is 0 Å². The molecule has 0 aromatic carbocycles. The smallest absolute Gasteiger partial charge is 0.302 e. The quantitative estimate of drug-likeness (QED) is 0.374. The first kappa shape index (κ1) is 25.2. The van der Waals surface area contributed by atoms with Crippen molar-refractivity contribution in [3.8, 4) is 0 Å². The summed E-state index contributed by atoms with van der Waals surface area (Å²) in [5, 5.41) is 20.5. The highest BCUT2D eigenvalue weighted by molar-refractivity contribution is 5.66. The number of hydrogen-bond donors (Lipinski definition) is 2. The molecule has 0 heterocycles. The first-order valence-electron chi connectivity index (χ1n) is 13.6. The van der Waals surface area contributed by atoms with Crippen molar-refractivity contribution in [1.29, 1.82) is 0 Å². The second kappa shape index (κ2) is 8.97. The molecule has 3 saturated carbocycles. The van der Waals surface area contributed by atoms with Gasteiger partial charge in [0, 0.05) is 13.3 Å². The fourth-order valence-electron chi connectivity index (χ4n) is 8.91. The molecular formula is C29H48O4. The average Bonchev–Trinajstić information content (AvgIpc) is 3.08. The molecule has 0 aliphatic heterocycles. The van der Waals surface area contributed by atoms with E-state index in [2.05, 4.69) is 26.8 Å². The van der Waals surface area contributed by atoms with Gasteiger partial charge in [0.25, 0.3) is 0 Å². The van der Waals surface area contributed by atoms with Crippen molar-refractivity contribution in [1.82, 2.24) is 0 Å². The molecule has 0 spiro atoms. The normalized spacial score (nSPS) is 42.4. The Labute approximate surface area is 201 Å². The molecule has 188 valence electrons. The molecule has 4 aliphatic rings. The minimum absolute atomic E-state index is 0.0724. The van der Waals surface area contributed by atoms with Crippen molar-refractivity contribution in [2.24, 2.45) is 40.4 Å². The van der Waals surface area contributed by atoms with Gasteiger partial charge in [-0.25, -0.2) is 0 Å². The maximum atomic E-state index is 11.5. The van der Waals surface area contributed by atoms with Crippen LogP contribution in [0.25, 0.3) is 0 Å². The molecule has 33 heavy (non-hydrogen) atoms. The number of fused-ring (bicyclic) bond motifs is 5. The Morgan fingerprint density at radius 2 is 1.88 bits per heavy atom. The van der Waals surface area contributed by atoms with E-state index >= 15 is 0 Å². The molecule has 2 N–H and O–H groups in total. The average molecular weight is 461 g/mol. The van der Waals surface area contributed by atoms with Crippen molar-refractivity contribution in [3.05, 3.63) is 11.6 Å². The summed E-state index contributed by atoms with van der Waals surface area (Å²) in [6, 6.07) is 0. The van der Waals surface area contributed by atoms with E-state index in [0.29, 0.717) is 17.8 Å². The van der Waals surface area contributed by atoms with E-state index in [0.717, 1.165) is 49.4 Å². The van der Waals surface area contributed by atoms with Crippen molar-refractivity contribution < 1.29 is 19.7 Å². The van der Waals surface area contributed by atoms with Crippen LogP contribution >= 0.6 is 0 Å². The van der Waals surface area contributed by atoms with E-state index in [-0.39, 0.29) is 17.5 Å². The van der Waals surface area contributed by atoms with Crippen LogP contribution < -0.4 is 0 Å². The third-order valence-corrected chi connectivity index (χ3v) is 10.9. The SMILES string of the molecule is CC(=O)O[C@H]1CC[C@@]2(C)C(=CC[C@H]3[C@@H]4CC[C@H]([C@H](C)CC[C@@H](O)C(C)(C)O)[C@@]4(C)CC[C@@H]32)C1. The molecule has 4 heteroatoms. The summed E-state index contributed by atoms with van der Waals surface area (Å²) in [7, 11) is 0. The van der Waals surface area contributed by atoms with Crippen LogP contribution in [0, 0.1) is 40.4 Å². The predicted molar refractivity (Wildman–Crippen MR) is 131 cm³/mol. The molecule has 3 fully saturated rings. The number of carbonyl (C=O) groups excluding carboxylic acids is 1. The Kier molecular flexibility index (Phi) is 6.86. The maximum absolute atomic E-state index is 11.5. The lowest BCUT2D eigenvalue weighted by atomic mass is 9.47. The fraction of sp³-hybridized carbons (Fsp3) is 0.897. The molecule has 0 bridgehead atoms. The van der Waals surface area contributed by atoms with Gasteiger partial charge in [0.2, 0.25) is 0 Å². The summed E-state index contributed by atoms with van der Waals surface area (Å²) < 4.78 is 5.59. The van der Waals surface area contributed by atoms with Gasteiger partial charge < -0.3 is 14.9 Å². The second-order valence-electron chi connectivity index (χ2n) is 13.2. The monoisotopic (exact) mass is 460 g/mol. The molecule has 4 nitrogen and oxygen atoms in total. The van der Waals surface area contributed by atoms with Gasteiger partial charge in [0.05, 0.1) is 11.7 Å². The van der Waals surface area contributed by atoms with Gasteiger partial charge >= 0.3 is 5.97 Å². The summed E-state index contributed by atoms with van der Waals surface area (Å²) in [6.07, 6.45) is 13.2. The van der Waals surface area contributed by atoms with Crippen molar-refractivity contribution in [2.75, 3.05) is 0 Å². The lowest BCUT2D eigenvalue weighted by Gasteiger charge is -2.58. The zero-order valence-corrected chi connectivity index (χ0v) is 21.9. The van der Waals surface area contributed by atoms with Crippen LogP contribution in [0.3, 0.4) is 0 Å². The molecule has 4 aliphatic carbocycles. The highest BCUT2D eigenvalue weighted by atomic mass is 16.5. The van der Waals surface area contributed by atoms with Crippen molar-refractivity contribution in [3.63, 3.8) is 0 Å². The van der Waals surface area contributed by atoms with E-state index in [4.69, 9.17) is 4.74 Å². The van der Waals surface area contributed by atoms with Gasteiger partial charge in [-0.15, -0.1) is 0 Å². The number of allylic oxidation sites excluding steroid dienone is 1. The van der Waals surface area contributed by atoms with Crippen LogP contribution in [0.5, 0.6) is 0 Å². The van der Waals surface area contributed by atoms with Crippen LogP contribution in [-0.4, -0.2) is 34.0 Å². The lowest BCUT2D eigenvalue weighted by molar-refractivity contribution is -0.148. The molecule has 4 rings (SSSR count). The fourth-order valence-corrected chi connectivity index (χ4v) is 8.91. The van der Waals surface area contributed by atoms with E-state index < -0.39 is 11.7 Å². The number of rotatable bonds is 6. The molecule has 0 saturated heterocycles. The zero-order valence-electron chi connectivity index (χ0n) is 21.9. The Hall–Kier alpha value is -0.870. The van der Waals surface area contributed by atoms with Crippen LogP contribution in [0.1, 0.15) is 106 Å². The number of ether oxygens (including phenoxy) is 1. The summed E-state index contributed by atoms with van der Waals surface area (Å²) >= 11 is 0. The van der Waals surface area contributed by atoms with Crippen LogP contribution in [0.2, 0.25) is 0 Å². The maximum Gasteiger partial charge on any atom is 0.302 e. The van der Waals surface area contributed by atoms with Gasteiger partial charge in [-0.3, -0.25) is 4.79 Å². The Bertz CT molecular complexity index is 766. The topological polar surface area (TPSA) is 66.8 Å². The largest absolute Gasteiger partial charge is 0.462 e. The molecule has 0 amide bonds. The molecular weight excluding hydrogens is 412 g/mol. The minimum Gasteiger partial charge on any atom is -0.462 e. The molecule has 0 aromatic heterocycles. The Morgan fingerprint density at radius 3 is 2.55 bits per heavy atom. The van der Waals surface area contributed by atoms with Gasteiger partial charge in [0.15, 0.2) is 0 Å². The first-order valence-corrected chi connectivity index (χ1v) is 13.6. The highest BCUT2D eigenvalue weighted by Crippen LogP contribution is 2.67. The lowest BCUT2D eigenvalue weighted by Crippen LogP contribution is -2.51. The van der Waals surface area contributed by atoms with Gasteiger partial charge in [0.1, 0.15) is 6.10 Å². The summed E-state index contributed by atoms with van der Waals surface area (Å²) in [5.74, 6) is 3.49. The van der Waals surface area contributed by atoms with E-state index in [1.165, 1.54) is 39.0 Å². The second-order valence-corrected chi connectivity index (χ2v) is 13.2. The number of aliphatic hydroxyl groups excluding tert-OH is 1. The molecule has 9 atom stereocenters. The minimum atomic E-state index is -1.02. The summed E-state index contributed by atoms with van der Waals surface area (Å²) in [5.41, 5.74) is 1.22. The third-order valence-electron chi connectivity index (χ3n) is 10.9. The number of esters is 1. The van der Waals surface area contributed by atoms with Crippen molar-refractivity contribution in [2.45, 2.75) is 124 Å². The third kappa shape index (κ3) is 4.56. The van der Waals surface area contributed by atoms with Gasteiger partial charge in [-0.1, -0.05) is 32.4 Å². The summed E-state index contributed by atoms with van der Waals surface area (Å²) in [4.78, 5) is 11.5. The Morgan fingerprint density at radius 1 is 1.15 bits per heavy atom. The summed E-state index contributed by atoms with van der Waals surface area (Å²) in [6.45, 7) is 12.4. The van der Waals surface area contributed by atoms with Gasteiger partial charge in [-0.05, 0) is 112 Å². The zero-order chi connectivity index (χ0) is 24.2. The molecule has 0 aromatic rings. The van der Waals surface area contributed by atoms with E-state index in [1.54, 1.807) is 19.4 Å². The van der Waals surface area contributed by atoms with E-state index in [9.17, 15) is 15.0 Å². The standard InChI is InChI=1S/C29H48O4/c1-18(7-12-26(31)27(3,4)32)23-10-11-24-22-9-8-20-17-21(33-19(2)30)13-15-28(20,5)25(22)14-16-29(23,24)6/h8,18,21-26,31-32H,7,9-17H2,1-6H3/t18-,21+,22+,23-,24+,25+,26-,28+,29-/m1/s1.